The van der Waals surface area contributed by atoms with Crippen LogP contribution < -0.4 is 10.6 Å². The van der Waals surface area contributed by atoms with Crippen LogP contribution in [-0.4, -0.2) is 17.6 Å². The molecule has 0 radical (unpaired) electrons. The van der Waals surface area contributed by atoms with E-state index in [1.807, 2.05) is 0 Å². The molecule has 0 spiro atoms. The third kappa shape index (κ3) is 7.40. The molecule has 5 nitrogen and oxygen atoms in total. The molecule has 4 rings (SSSR count). The molecule has 0 bridgehead atoms. The molecule has 0 aliphatic heterocycles. The van der Waals surface area contributed by atoms with Gasteiger partial charge in [0.25, 0.3) is 11.8 Å². The second kappa shape index (κ2) is 13.5. The molecular weight excluding hydrogens is 590 g/mol. The normalized spacial score (nSPS) is 11.3. The average Bonchev–Trinajstić information content (AvgIpc) is 2.94. The first-order valence-corrected chi connectivity index (χ1v) is 13.3. The van der Waals surface area contributed by atoms with Gasteiger partial charge in [0.1, 0.15) is 5.70 Å². The van der Waals surface area contributed by atoms with Gasteiger partial charge in [0, 0.05) is 48.0 Å². The van der Waals surface area contributed by atoms with Crippen LogP contribution in [0.2, 0.25) is 20.1 Å². The van der Waals surface area contributed by atoms with Crippen LogP contribution in [-0.2, 0) is 4.79 Å². The van der Waals surface area contributed by atoms with E-state index < -0.39 is 11.8 Å². The number of halogens is 4. The Morgan fingerprint density at radius 3 is 1.73 bits per heavy atom. The first-order chi connectivity index (χ1) is 19.2. The third-order valence-corrected chi connectivity index (χ3v) is 6.96. The lowest BCUT2D eigenvalue weighted by Crippen LogP contribution is -2.30. The minimum absolute atomic E-state index is 0.0800. The van der Waals surface area contributed by atoms with E-state index in [1.165, 1.54) is 12.2 Å². The van der Waals surface area contributed by atoms with Crippen molar-refractivity contribution in [2.75, 3.05) is 5.32 Å². The van der Waals surface area contributed by atoms with E-state index in [2.05, 4.69) is 10.6 Å². The van der Waals surface area contributed by atoms with Crippen molar-refractivity contribution in [3.63, 3.8) is 0 Å². The van der Waals surface area contributed by atoms with Crippen LogP contribution in [0.5, 0.6) is 0 Å². The van der Waals surface area contributed by atoms with Gasteiger partial charge in [-0.2, -0.15) is 0 Å². The van der Waals surface area contributed by atoms with E-state index in [9.17, 15) is 14.4 Å². The summed E-state index contributed by atoms with van der Waals surface area (Å²) in [4.78, 5) is 38.8. The van der Waals surface area contributed by atoms with Crippen molar-refractivity contribution >= 4 is 81.8 Å². The molecule has 0 aromatic heterocycles. The number of rotatable bonds is 8. The molecule has 4 aromatic rings. The van der Waals surface area contributed by atoms with E-state index in [1.54, 1.807) is 97.1 Å². The Morgan fingerprint density at radius 1 is 0.600 bits per heavy atom. The van der Waals surface area contributed by atoms with Crippen LogP contribution in [0.15, 0.2) is 103 Å². The lowest BCUT2D eigenvalue weighted by molar-refractivity contribution is -0.113. The minimum Gasteiger partial charge on any atom is -0.321 e. The van der Waals surface area contributed by atoms with Crippen molar-refractivity contribution in [1.29, 1.82) is 0 Å². The first kappa shape index (κ1) is 29.1. The minimum atomic E-state index is -0.618. The van der Waals surface area contributed by atoms with Crippen LogP contribution in [0.25, 0.3) is 12.2 Å². The Labute approximate surface area is 251 Å². The Morgan fingerprint density at radius 2 is 1.15 bits per heavy atom. The highest BCUT2D eigenvalue weighted by Gasteiger charge is 2.17. The fourth-order valence-corrected chi connectivity index (χ4v) is 4.61. The van der Waals surface area contributed by atoms with Crippen molar-refractivity contribution in [2.24, 2.45) is 0 Å². The summed E-state index contributed by atoms with van der Waals surface area (Å²) in [7, 11) is 0. The standard InChI is InChI=1S/C31H20Cl4N2O3/c32-24-8-4-9-25(33)22(24)16-17-29(38)19-12-14-21(15-13-19)36-31(40)28(18-23-26(34)10-5-11-27(23)35)37-30(39)20-6-2-1-3-7-20/h1-18H,(H,36,40)(H,37,39)/b17-16+,28-18-. The lowest BCUT2D eigenvalue weighted by atomic mass is 10.1. The lowest BCUT2D eigenvalue weighted by Gasteiger charge is -2.12. The van der Waals surface area contributed by atoms with Gasteiger partial charge in [0.2, 0.25) is 0 Å². The summed E-state index contributed by atoms with van der Waals surface area (Å²) in [6.45, 7) is 0. The molecule has 200 valence electrons. The van der Waals surface area contributed by atoms with Crippen molar-refractivity contribution in [2.45, 2.75) is 0 Å². The fraction of sp³-hybridized carbons (Fsp3) is 0. The van der Waals surface area contributed by atoms with Gasteiger partial charge in [-0.05, 0) is 78.9 Å². The summed E-state index contributed by atoms with van der Waals surface area (Å²) in [5, 5.41) is 6.83. The van der Waals surface area contributed by atoms with Crippen LogP contribution in [0, 0.1) is 0 Å². The maximum Gasteiger partial charge on any atom is 0.272 e. The molecule has 0 saturated heterocycles. The predicted molar refractivity (Wildman–Crippen MR) is 163 cm³/mol. The van der Waals surface area contributed by atoms with Gasteiger partial charge < -0.3 is 10.6 Å². The number of hydrogen-bond donors (Lipinski definition) is 2. The number of nitrogens with one attached hydrogen (secondary N) is 2. The summed E-state index contributed by atoms with van der Waals surface area (Å²) in [5.74, 6) is -1.39. The summed E-state index contributed by atoms with van der Waals surface area (Å²) >= 11 is 24.9. The van der Waals surface area contributed by atoms with Gasteiger partial charge in [-0.1, -0.05) is 76.7 Å². The van der Waals surface area contributed by atoms with Gasteiger partial charge in [0.05, 0.1) is 0 Å². The molecular formula is C31H20Cl4N2O3. The van der Waals surface area contributed by atoms with E-state index in [0.29, 0.717) is 48.0 Å². The number of benzene rings is 4. The van der Waals surface area contributed by atoms with Crippen molar-refractivity contribution in [3.8, 4) is 0 Å². The fourth-order valence-electron chi connectivity index (χ4n) is 3.58. The molecule has 2 amide bonds. The summed E-state index contributed by atoms with van der Waals surface area (Å²) in [6.07, 6.45) is 4.33. The maximum absolute atomic E-state index is 13.3. The smallest absolute Gasteiger partial charge is 0.272 e. The van der Waals surface area contributed by atoms with Gasteiger partial charge in [0.15, 0.2) is 5.78 Å². The van der Waals surface area contributed by atoms with E-state index in [4.69, 9.17) is 46.4 Å². The predicted octanol–water partition coefficient (Wildman–Crippen LogP) is 8.61. The van der Waals surface area contributed by atoms with Crippen molar-refractivity contribution in [1.82, 2.24) is 5.32 Å². The highest BCUT2D eigenvalue weighted by atomic mass is 35.5. The number of allylic oxidation sites excluding steroid dienone is 1. The van der Waals surface area contributed by atoms with E-state index >= 15 is 0 Å². The monoisotopic (exact) mass is 608 g/mol. The van der Waals surface area contributed by atoms with Crippen LogP contribution >= 0.6 is 46.4 Å². The first-order valence-electron chi connectivity index (χ1n) is 11.8. The molecule has 0 atom stereocenters. The Hall–Kier alpha value is -3.87. The van der Waals surface area contributed by atoms with Gasteiger partial charge in [-0.15, -0.1) is 0 Å². The Bertz CT molecular complexity index is 1590. The second-order valence-corrected chi connectivity index (χ2v) is 10.0. The number of anilines is 1. The highest BCUT2D eigenvalue weighted by Crippen LogP contribution is 2.27. The quantitative estimate of drug-likeness (QED) is 0.155. The van der Waals surface area contributed by atoms with Crippen LogP contribution in [0.1, 0.15) is 31.8 Å². The summed E-state index contributed by atoms with van der Waals surface area (Å²) < 4.78 is 0. The molecule has 0 heterocycles. The van der Waals surface area contributed by atoms with Crippen LogP contribution in [0.4, 0.5) is 5.69 Å². The van der Waals surface area contributed by atoms with E-state index in [0.717, 1.165) is 0 Å². The summed E-state index contributed by atoms with van der Waals surface area (Å²) in [6, 6.07) is 24.7. The molecule has 2 N–H and O–H groups in total. The van der Waals surface area contributed by atoms with E-state index in [-0.39, 0.29) is 11.5 Å². The van der Waals surface area contributed by atoms with Crippen LogP contribution in [0.3, 0.4) is 0 Å². The topological polar surface area (TPSA) is 75.3 Å². The zero-order chi connectivity index (χ0) is 28.6. The molecule has 0 unspecified atom stereocenters. The maximum atomic E-state index is 13.3. The van der Waals surface area contributed by atoms with Gasteiger partial charge in [-0.3, -0.25) is 14.4 Å². The van der Waals surface area contributed by atoms with Crippen molar-refractivity contribution in [3.05, 3.63) is 145 Å². The number of hydrogen-bond acceptors (Lipinski definition) is 3. The van der Waals surface area contributed by atoms with Gasteiger partial charge >= 0.3 is 0 Å². The average molecular weight is 610 g/mol. The zero-order valence-corrected chi connectivity index (χ0v) is 23.7. The Balaban J connectivity index is 1.54. The number of carbonyl (C=O) groups is 3. The molecule has 0 fully saturated rings. The second-order valence-electron chi connectivity index (χ2n) is 8.38. The number of carbonyl (C=O) groups excluding carboxylic acids is 3. The van der Waals surface area contributed by atoms with Crippen molar-refractivity contribution < 1.29 is 14.4 Å². The molecule has 0 aliphatic rings. The Kier molecular flexibility index (Phi) is 9.80. The molecule has 0 aliphatic carbocycles. The third-order valence-electron chi connectivity index (χ3n) is 5.65. The van der Waals surface area contributed by atoms with Gasteiger partial charge in [-0.25, -0.2) is 0 Å². The zero-order valence-electron chi connectivity index (χ0n) is 20.6. The molecule has 40 heavy (non-hydrogen) atoms. The highest BCUT2D eigenvalue weighted by molar-refractivity contribution is 6.38. The molecule has 4 aromatic carbocycles. The number of ketones is 1. The summed E-state index contributed by atoms with van der Waals surface area (Å²) in [5.41, 5.74) is 1.97. The molecule has 9 heteroatoms. The number of amides is 2. The molecule has 0 saturated carbocycles. The SMILES string of the molecule is O=C(Nc1ccc(C(=O)/C=C/c2c(Cl)cccc2Cl)cc1)/C(=C/c1c(Cl)cccc1Cl)NC(=O)c1ccccc1. The largest absolute Gasteiger partial charge is 0.321 e.